The first-order chi connectivity index (χ1) is 23.8. The van der Waals surface area contributed by atoms with Gasteiger partial charge >= 0.3 is 17.0 Å². The molecular formula is C34H31BrF3N3O7S2. The third-order valence-electron chi connectivity index (χ3n) is 10.2. The maximum Gasteiger partial charge on any atom is 0.416 e. The number of likely N-dealkylation sites (tertiary alicyclic amines) is 1. The van der Waals surface area contributed by atoms with Gasteiger partial charge in [-0.05, 0) is 73.4 Å². The summed E-state index contributed by atoms with van der Waals surface area (Å²) >= 11 is 6.17. The minimum absolute atomic E-state index is 0.0278. The molecule has 4 aliphatic rings. The van der Waals surface area contributed by atoms with Gasteiger partial charge in [-0.15, -0.1) is 11.8 Å². The van der Waals surface area contributed by atoms with Gasteiger partial charge in [-0.1, -0.05) is 39.8 Å². The Balaban J connectivity index is 1.14. The summed E-state index contributed by atoms with van der Waals surface area (Å²) in [5, 5.41) is 12.0. The van der Waals surface area contributed by atoms with E-state index in [2.05, 4.69) is 26.2 Å². The average molecular weight is 795 g/mol. The second-order valence-corrected chi connectivity index (χ2v) is 16.2. The van der Waals surface area contributed by atoms with E-state index >= 15 is 0 Å². The topological polar surface area (TPSA) is 146 Å². The van der Waals surface area contributed by atoms with Gasteiger partial charge in [-0.2, -0.15) is 13.2 Å². The Hall–Kier alpha value is -3.63. The van der Waals surface area contributed by atoms with E-state index in [1.807, 2.05) is 6.07 Å². The van der Waals surface area contributed by atoms with Gasteiger partial charge in [-0.3, -0.25) is 28.9 Å². The zero-order valence-corrected chi connectivity index (χ0v) is 29.4. The number of imide groups is 1. The molecule has 7 atom stereocenters. The van der Waals surface area contributed by atoms with E-state index in [4.69, 9.17) is 9.84 Å². The number of nitrogens with zero attached hydrogens (tertiary/aromatic N) is 1. The van der Waals surface area contributed by atoms with Crippen molar-refractivity contribution < 1.29 is 42.2 Å². The summed E-state index contributed by atoms with van der Waals surface area (Å²) in [6, 6.07) is 9.60. The number of aliphatic carboxylic acids is 1. The molecule has 3 N–H and O–H groups in total. The molecule has 1 aromatic heterocycles. The van der Waals surface area contributed by atoms with E-state index in [0.29, 0.717) is 42.0 Å². The Morgan fingerprint density at radius 2 is 1.80 bits per heavy atom. The molecule has 2 aromatic carbocycles. The van der Waals surface area contributed by atoms with E-state index in [9.17, 15) is 37.1 Å². The van der Waals surface area contributed by atoms with Crippen molar-refractivity contribution in [3.8, 4) is 5.75 Å². The van der Waals surface area contributed by atoms with Gasteiger partial charge in [0.1, 0.15) is 5.75 Å². The maximum absolute atomic E-state index is 13.9. The molecule has 264 valence electrons. The summed E-state index contributed by atoms with van der Waals surface area (Å²) in [5.74, 6) is -3.29. The van der Waals surface area contributed by atoms with Crippen molar-refractivity contribution in [2.24, 2.45) is 29.6 Å². The SMILES string of the molecule is O=C(O)CCCCCN1C(=O)C2C3CC(C2C1=O)C1C3Sc2[nH]c(=O)sc2[C@@H]1c1cc(Br)ccc1OCC(=O)Nc1cccc(C(F)(F)F)c1. The van der Waals surface area contributed by atoms with Crippen molar-refractivity contribution >= 4 is 68.4 Å². The molecule has 0 radical (unpaired) electrons. The number of nitrogens with one attached hydrogen (secondary N) is 2. The number of rotatable bonds is 11. The minimum atomic E-state index is -4.57. The number of unbranched alkanes of at least 4 members (excludes halogenated alkanes) is 2. The van der Waals surface area contributed by atoms with Crippen LogP contribution in [0.1, 0.15) is 54.0 Å². The van der Waals surface area contributed by atoms with Crippen molar-refractivity contribution in [1.29, 1.82) is 0 Å². The number of hydrogen-bond donors (Lipinski definition) is 3. The minimum Gasteiger partial charge on any atom is -0.483 e. The number of carbonyl (C=O) groups excluding carboxylic acids is 3. The first kappa shape index (κ1) is 34.8. The van der Waals surface area contributed by atoms with Crippen LogP contribution in [0.5, 0.6) is 5.75 Å². The van der Waals surface area contributed by atoms with Gasteiger partial charge in [0.25, 0.3) is 5.91 Å². The fourth-order valence-corrected chi connectivity index (χ4v) is 11.6. The standard InChI is InChI=1S/C34H31BrF3N3O7S2/c35-16-8-9-21(48-14-22(42)39-17-6-4-5-15(11-17)34(36,37)38)18(12-16)24-25-19-13-20(28(25)49-30-29(24)50-33(47)40-30)27-26(19)31(45)41(32(27)46)10-3-1-2-7-23(43)44/h4-6,8-9,11-12,19-20,24-28H,1-3,7,10,13-14H2,(H,39,42)(H,40,47)(H,43,44)/t19?,20?,24-,25?,26?,27?,28?/m1/s1. The molecule has 3 amide bonds. The molecule has 1 saturated heterocycles. The van der Waals surface area contributed by atoms with E-state index < -0.39 is 48.0 Å². The first-order valence-corrected chi connectivity index (χ1v) is 18.7. The van der Waals surface area contributed by atoms with Crippen LogP contribution < -0.4 is 14.9 Å². The van der Waals surface area contributed by atoms with Crippen LogP contribution in [0.15, 0.2) is 56.8 Å². The van der Waals surface area contributed by atoms with Gasteiger partial charge in [0.2, 0.25) is 11.8 Å². The van der Waals surface area contributed by atoms with E-state index in [-0.39, 0.29) is 58.3 Å². The molecule has 2 aliphatic heterocycles. The Kier molecular flexibility index (Phi) is 9.39. The fraction of sp³-hybridized carbons (Fsp3) is 0.441. The fourth-order valence-electron chi connectivity index (χ4n) is 8.38. The number of halogens is 4. The number of aromatic nitrogens is 1. The van der Waals surface area contributed by atoms with Crippen LogP contribution in [0.25, 0.3) is 0 Å². The smallest absolute Gasteiger partial charge is 0.416 e. The van der Waals surface area contributed by atoms with Gasteiger partial charge in [0.15, 0.2) is 6.61 Å². The molecule has 2 aliphatic carbocycles. The Labute approximate surface area is 300 Å². The lowest BCUT2D eigenvalue weighted by Gasteiger charge is -2.43. The van der Waals surface area contributed by atoms with Crippen LogP contribution in [0, 0.1) is 29.6 Å². The maximum atomic E-state index is 13.9. The third kappa shape index (κ3) is 6.38. The number of amides is 3. The summed E-state index contributed by atoms with van der Waals surface area (Å²) in [6.07, 6.45) is -2.27. The van der Waals surface area contributed by atoms with Crippen LogP contribution >= 0.6 is 39.0 Å². The number of anilines is 1. The molecule has 2 bridgehead atoms. The molecule has 2 saturated carbocycles. The predicted octanol–water partition coefficient (Wildman–Crippen LogP) is 6.35. The quantitative estimate of drug-likeness (QED) is 0.150. The number of carboxylic acid groups (broad SMARTS) is 1. The Morgan fingerprint density at radius 1 is 1.04 bits per heavy atom. The van der Waals surface area contributed by atoms with Crippen molar-refractivity contribution in [3.63, 3.8) is 0 Å². The lowest BCUT2D eigenvalue weighted by Crippen LogP contribution is -2.42. The molecule has 6 unspecified atom stereocenters. The highest BCUT2D eigenvalue weighted by atomic mass is 79.9. The number of alkyl halides is 3. The third-order valence-corrected chi connectivity index (χ3v) is 13.3. The van der Waals surface area contributed by atoms with Crippen molar-refractivity contribution in [3.05, 3.63) is 72.6 Å². The summed E-state index contributed by atoms with van der Waals surface area (Å²) in [6.45, 7) is -0.246. The number of benzene rings is 2. The number of H-pyrrole nitrogens is 1. The number of thioether (sulfide) groups is 1. The van der Waals surface area contributed by atoms with E-state index in [1.165, 1.54) is 17.0 Å². The Morgan fingerprint density at radius 3 is 2.54 bits per heavy atom. The molecule has 7 rings (SSSR count). The normalized spacial score (nSPS) is 26.5. The molecule has 3 aromatic rings. The number of ether oxygens (including phenoxy) is 1. The molecule has 3 fully saturated rings. The van der Waals surface area contributed by atoms with E-state index in [1.54, 1.807) is 23.9 Å². The van der Waals surface area contributed by atoms with Gasteiger partial charge in [-0.25, -0.2) is 0 Å². The summed E-state index contributed by atoms with van der Waals surface area (Å²) in [7, 11) is 0. The molecule has 0 spiro atoms. The van der Waals surface area contributed by atoms with Gasteiger partial charge in [0, 0.05) is 44.7 Å². The van der Waals surface area contributed by atoms with E-state index in [0.717, 1.165) is 32.8 Å². The highest BCUT2D eigenvalue weighted by Gasteiger charge is 2.69. The number of fused-ring (bicyclic) bond motifs is 9. The second-order valence-electron chi connectivity index (χ2n) is 13.1. The monoisotopic (exact) mass is 793 g/mol. The number of aromatic amines is 1. The number of thiazole rings is 1. The lowest BCUT2D eigenvalue weighted by molar-refractivity contribution is -0.141. The lowest BCUT2D eigenvalue weighted by atomic mass is 9.68. The van der Waals surface area contributed by atoms with Crippen LogP contribution in [0.2, 0.25) is 0 Å². The number of hydrogen-bond acceptors (Lipinski definition) is 8. The summed E-state index contributed by atoms with van der Waals surface area (Å²) < 4.78 is 46.3. The molecule has 50 heavy (non-hydrogen) atoms. The average Bonchev–Trinajstić information content (AvgIpc) is 3.79. The van der Waals surface area contributed by atoms with Crippen LogP contribution in [-0.2, 0) is 25.4 Å². The number of carbonyl (C=O) groups is 4. The Bertz CT molecular complexity index is 1930. The number of carboxylic acids is 1. The van der Waals surface area contributed by atoms with Crippen LogP contribution in [0.3, 0.4) is 0 Å². The highest BCUT2D eigenvalue weighted by Crippen LogP contribution is 2.69. The van der Waals surface area contributed by atoms with Crippen LogP contribution in [-0.4, -0.2) is 57.1 Å². The first-order valence-electron chi connectivity index (χ1n) is 16.2. The molecule has 3 heterocycles. The van der Waals surface area contributed by atoms with Crippen LogP contribution in [0.4, 0.5) is 18.9 Å². The zero-order valence-electron chi connectivity index (χ0n) is 26.2. The molecule has 10 nitrogen and oxygen atoms in total. The van der Waals surface area contributed by atoms with Crippen molar-refractivity contribution in [2.75, 3.05) is 18.5 Å². The highest BCUT2D eigenvalue weighted by molar-refractivity contribution is 9.10. The van der Waals surface area contributed by atoms with Gasteiger partial charge in [0.05, 0.1) is 22.4 Å². The van der Waals surface area contributed by atoms with Crippen molar-refractivity contribution in [2.45, 2.75) is 54.5 Å². The second kappa shape index (κ2) is 13.5. The molecule has 16 heteroatoms. The van der Waals surface area contributed by atoms with Crippen molar-refractivity contribution in [1.82, 2.24) is 9.88 Å². The molecular weight excluding hydrogens is 763 g/mol. The summed E-state index contributed by atoms with van der Waals surface area (Å²) in [4.78, 5) is 68.9. The summed E-state index contributed by atoms with van der Waals surface area (Å²) in [5.41, 5.74) is -0.235. The van der Waals surface area contributed by atoms with Gasteiger partial charge < -0.3 is 20.1 Å². The zero-order chi connectivity index (χ0) is 35.5. The largest absolute Gasteiger partial charge is 0.483 e. The predicted molar refractivity (Wildman–Crippen MR) is 181 cm³/mol.